The molecule has 33 heavy (non-hydrogen) atoms. The fraction of sp³-hybridized carbons (Fsp3) is 0.300. The third kappa shape index (κ3) is 3.33. The SMILES string of the molecule is CC(C)Cc1cc(CC(C)C)c2sc3ccccc3c2c1-n1cc[n+]2c1-c1ccccc1C2. The van der Waals surface area contributed by atoms with Gasteiger partial charge in [-0.25, -0.2) is 4.57 Å². The maximum atomic E-state index is 2.53. The summed E-state index contributed by atoms with van der Waals surface area (Å²) in [5, 5.41) is 2.83. The summed E-state index contributed by atoms with van der Waals surface area (Å²) in [5.41, 5.74) is 7.14. The molecule has 1 aliphatic rings. The molecule has 2 aromatic heterocycles. The third-order valence-corrected chi connectivity index (χ3v) is 8.02. The van der Waals surface area contributed by atoms with Gasteiger partial charge in [-0.2, -0.15) is 4.57 Å². The molecule has 0 aliphatic carbocycles. The Kier molecular flexibility index (Phi) is 4.92. The number of nitrogens with zero attached hydrogens (tertiary/aromatic N) is 2. The second kappa shape index (κ2) is 7.85. The summed E-state index contributed by atoms with van der Waals surface area (Å²) in [7, 11) is 0. The second-order valence-corrected chi connectivity index (χ2v) is 11.4. The van der Waals surface area contributed by atoms with E-state index >= 15 is 0 Å². The van der Waals surface area contributed by atoms with Gasteiger partial charge in [0.1, 0.15) is 24.6 Å². The molecule has 3 heterocycles. The number of fused-ring (bicyclic) bond motifs is 6. The molecule has 6 rings (SSSR count). The maximum absolute atomic E-state index is 2.53. The van der Waals surface area contributed by atoms with Gasteiger partial charge in [-0.1, -0.05) is 70.2 Å². The molecule has 0 spiro atoms. The number of benzene rings is 3. The van der Waals surface area contributed by atoms with Crippen LogP contribution in [0.15, 0.2) is 67.0 Å². The van der Waals surface area contributed by atoms with Crippen LogP contribution in [0.2, 0.25) is 0 Å². The van der Waals surface area contributed by atoms with Crippen LogP contribution in [0.5, 0.6) is 0 Å². The molecular weight excluding hydrogens is 420 g/mol. The Morgan fingerprint density at radius 2 is 1.64 bits per heavy atom. The first-order valence-electron chi connectivity index (χ1n) is 12.2. The largest absolute Gasteiger partial charge is 0.294 e. The molecule has 1 aliphatic heterocycles. The Morgan fingerprint density at radius 1 is 0.909 bits per heavy atom. The molecule has 166 valence electrons. The zero-order chi connectivity index (χ0) is 22.7. The monoisotopic (exact) mass is 451 g/mol. The van der Waals surface area contributed by atoms with Crippen LogP contribution in [0.3, 0.4) is 0 Å². The lowest BCUT2D eigenvalue weighted by Crippen LogP contribution is -2.30. The highest BCUT2D eigenvalue weighted by molar-refractivity contribution is 7.26. The molecule has 0 saturated heterocycles. The predicted octanol–water partition coefficient (Wildman–Crippen LogP) is 7.56. The molecule has 0 atom stereocenters. The number of thiophene rings is 1. The quantitative estimate of drug-likeness (QED) is 0.239. The minimum Gasteiger partial charge on any atom is -0.225 e. The lowest BCUT2D eigenvalue weighted by atomic mass is 9.92. The van der Waals surface area contributed by atoms with Gasteiger partial charge >= 0.3 is 0 Å². The van der Waals surface area contributed by atoms with Gasteiger partial charge in [0.2, 0.25) is 0 Å². The first-order valence-corrected chi connectivity index (χ1v) is 13.0. The van der Waals surface area contributed by atoms with Gasteiger partial charge in [0.05, 0.1) is 5.56 Å². The first kappa shape index (κ1) is 20.7. The van der Waals surface area contributed by atoms with E-state index in [1.165, 1.54) is 53.9 Å². The van der Waals surface area contributed by atoms with Crippen LogP contribution in [0.1, 0.15) is 44.4 Å². The molecule has 0 radical (unpaired) electrons. The predicted molar refractivity (Wildman–Crippen MR) is 140 cm³/mol. The van der Waals surface area contributed by atoms with Crippen LogP contribution < -0.4 is 4.57 Å². The summed E-state index contributed by atoms with van der Waals surface area (Å²) < 4.78 is 7.75. The average molecular weight is 452 g/mol. The molecule has 0 amide bonds. The normalized spacial score (nSPS) is 12.9. The van der Waals surface area contributed by atoms with Crippen molar-refractivity contribution >= 4 is 31.5 Å². The number of hydrogen-bond donors (Lipinski definition) is 0. The Labute approximate surface area is 200 Å². The average Bonchev–Trinajstić information content (AvgIpc) is 3.45. The van der Waals surface area contributed by atoms with Crippen LogP contribution in [-0.2, 0) is 19.4 Å². The Hall–Kier alpha value is -2.91. The summed E-state index contributed by atoms with van der Waals surface area (Å²) >= 11 is 1.97. The molecule has 0 unspecified atom stereocenters. The van der Waals surface area contributed by atoms with E-state index in [0.29, 0.717) is 11.8 Å². The van der Waals surface area contributed by atoms with Gasteiger partial charge < -0.3 is 0 Å². The number of rotatable bonds is 5. The van der Waals surface area contributed by atoms with Crippen molar-refractivity contribution in [2.75, 3.05) is 0 Å². The van der Waals surface area contributed by atoms with E-state index in [9.17, 15) is 0 Å². The Morgan fingerprint density at radius 3 is 2.45 bits per heavy atom. The van der Waals surface area contributed by atoms with Crippen molar-refractivity contribution in [3.8, 4) is 17.1 Å². The molecule has 0 saturated carbocycles. The third-order valence-electron chi connectivity index (χ3n) is 6.77. The van der Waals surface area contributed by atoms with Crippen LogP contribution in [0.25, 0.3) is 37.2 Å². The molecule has 0 fully saturated rings. The topological polar surface area (TPSA) is 8.81 Å². The van der Waals surface area contributed by atoms with E-state index in [0.717, 1.165) is 19.4 Å². The van der Waals surface area contributed by atoms with Gasteiger partial charge in [0.15, 0.2) is 0 Å². The second-order valence-electron chi connectivity index (χ2n) is 10.3. The van der Waals surface area contributed by atoms with E-state index < -0.39 is 0 Å². The van der Waals surface area contributed by atoms with E-state index in [-0.39, 0.29) is 0 Å². The minimum atomic E-state index is 0.599. The van der Waals surface area contributed by atoms with Crippen LogP contribution >= 0.6 is 11.3 Å². The van der Waals surface area contributed by atoms with Crippen molar-refractivity contribution < 1.29 is 4.57 Å². The van der Waals surface area contributed by atoms with Crippen LogP contribution in [0.4, 0.5) is 0 Å². The summed E-state index contributed by atoms with van der Waals surface area (Å²) in [6.07, 6.45) is 6.76. The van der Waals surface area contributed by atoms with Crippen molar-refractivity contribution in [1.29, 1.82) is 0 Å². The van der Waals surface area contributed by atoms with Gasteiger partial charge in [-0.15, -0.1) is 11.3 Å². The van der Waals surface area contributed by atoms with Crippen molar-refractivity contribution in [3.63, 3.8) is 0 Å². The van der Waals surface area contributed by atoms with Crippen LogP contribution in [0, 0.1) is 11.8 Å². The zero-order valence-electron chi connectivity index (χ0n) is 19.9. The van der Waals surface area contributed by atoms with Gasteiger partial charge in [0.25, 0.3) is 5.82 Å². The van der Waals surface area contributed by atoms with Crippen molar-refractivity contribution in [1.82, 2.24) is 4.57 Å². The van der Waals surface area contributed by atoms with E-state index in [2.05, 4.69) is 104 Å². The lowest BCUT2D eigenvalue weighted by molar-refractivity contribution is -0.671. The molecule has 5 aromatic rings. The lowest BCUT2D eigenvalue weighted by Gasteiger charge is -2.16. The summed E-state index contributed by atoms with van der Waals surface area (Å²) in [6.45, 7) is 10.3. The first-order chi connectivity index (χ1) is 16.0. The van der Waals surface area contributed by atoms with Gasteiger partial charge in [0, 0.05) is 31.3 Å². The fourth-order valence-electron chi connectivity index (χ4n) is 5.55. The number of hydrogen-bond acceptors (Lipinski definition) is 1. The highest BCUT2D eigenvalue weighted by Crippen LogP contribution is 2.43. The fourth-order valence-corrected chi connectivity index (χ4v) is 6.78. The molecular formula is C30H31N2S+. The minimum absolute atomic E-state index is 0.599. The summed E-state index contributed by atoms with van der Waals surface area (Å²) in [5.74, 6) is 2.54. The number of aromatic nitrogens is 2. The Balaban J connectivity index is 1.73. The molecule has 3 heteroatoms. The molecule has 0 N–H and O–H groups in total. The van der Waals surface area contributed by atoms with Crippen molar-refractivity contribution in [3.05, 3.63) is 83.7 Å². The summed E-state index contributed by atoms with van der Waals surface area (Å²) in [4.78, 5) is 0. The van der Waals surface area contributed by atoms with E-state index in [1.807, 2.05) is 11.3 Å². The molecule has 0 bridgehead atoms. The zero-order valence-corrected chi connectivity index (χ0v) is 20.7. The number of imidazole rings is 1. The highest BCUT2D eigenvalue weighted by atomic mass is 32.1. The summed E-state index contributed by atoms with van der Waals surface area (Å²) in [6, 6.07) is 20.4. The van der Waals surface area contributed by atoms with Gasteiger partial charge in [-0.05, 0) is 42.4 Å². The maximum Gasteiger partial charge on any atom is 0.294 e. The van der Waals surface area contributed by atoms with Crippen molar-refractivity contribution in [2.24, 2.45) is 11.8 Å². The molecule has 2 nitrogen and oxygen atoms in total. The van der Waals surface area contributed by atoms with Gasteiger partial charge in [-0.3, -0.25) is 0 Å². The van der Waals surface area contributed by atoms with Crippen molar-refractivity contribution in [2.45, 2.75) is 47.1 Å². The highest BCUT2D eigenvalue weighted by Gasteiger charge is 2.32. The smallest absolute Gasteiger partial charge is 0.225 e. The van der Waals surface area contributed by atoms with Crippen LogP contribution in [-0.4, -0.2) is 4.57 Å². The standard InChI is InChI=1S/C30H31N2S/c1-19(2)15-22-17-23(16-20(3)4)29-27(25-11-7-8-12-26(25)33-29)28(22)32-14-13-31-18-21-9-5-6-10-24(21)30(31)32/h5-14,17,19-20H,15-16,18H2,1-4H3/q+1. The molecule has 3 aromatic carbocycles. The van der Waals surface area contributed by atoms with E-state index in [4.69, 9.17) is 0 Å². The Bertz CT molecular complexity index is 1500. The van der Waals surface area contributed by atoms with E-state index in [1.54, 1.807) is 0 Å².